The zero-order valence-corrected chi connectivity index (χ0v) is 24.6. The van der Waals surface area contributed by atoms with Crippen LogP contribution in [0, 0.1) is 0 Å². The van der Waals surface area contributed by atoms with Crippen molar-refractivity contribution in [3.05, 3.63) is 162 Å². The second kappa shape index (κ2) is 11.4. The maximum Gasteiger partial charge on any atom is 0.160 e. The van der Waals surface area contributed by atoms with E-state index in [4.69, 9.17) is 9.98 Å². The Morgan fingerprint density at radius 3 is 2.09 bits per heavy atom. The molecule has 8 rings (SSSR count). The normalized spacial score (nSPS) is 16.6. The molecule has 0 bridgehead atoms. The number of aliphatic imine (C=N–C) groups is 2. The fourth-order valence-corrected chi connectivity index (χ4v) is 6.55. The molecule has 6 aromatic carbocycles. The van der Waals surface area contributed by atoms with E-state index in [2.05, 4.69) is 145 Å². The molecule has 1 heterocycles. The molecule has 1 atom stereocenters. The number of hydrogen-bond donors (Lipinski definition) is 1. The summed E-state index contributed by atoms with van der Waals surface area (Å²) < 4.78 is 0. The zero-order valence-electron chi connectivity index (χ0n) is 24.6. The maximum absolute atomic E-state index is 5.23. The topological polar surface area (TPSA) is 36.8 Å². The first-order valence-corrected chi connectivity index (χ1v) is 15.6. The molecule has 1 aliphatic carbocycles. The van der Waals surface area contributed by atoms with Gasteiger partial charge < -0.3 is 5.32 Å². The fraction of sp³-hybridized carbons (Fsp3) is 0.122. The average Bonchev–Trinajstić information content (AvgIpc) is 3.12. The number of amidine groups is 2. The van der Waals surface area contributed by atoms with Gasteiger partial charge >= 0.3 is 0 Å². The Hall–Kier alpha value is -5.28. The largest absolute Gasteiger partial charge is 0.344 e. The molecule has 0 amide bonds. The van der Waals surface area contributed by atoms with Crippen LogP contribution in [0.3, 0.4) is 0 Å². The Bertz CT molecular complexity index is 2070. The van der Waals surface area contributed by atoms with Gasteiger partial charge in [-0.25, -0.2) is 9.98 Å². The molecule has 0 radical (unpaired) electrons. The van der Waals surface area contributed by atoms with Gasteiger partial charge in [0.2, 0.25) is 0 Å². The van der Waals surface area contributed by atoms with Gasteiger partial charge in [-0.1, -0.05) is 140 Å². The summed E-state index contributed by atoms with van der Waals surface area (Å²) in [7, 11) is 0. The third-order valence-corrected chi connectivity index (χ3v) is 8.92. The Morgan fingerprint density at radius 2 is 1.27 bits per heavy atom. The number of hydrogen-bond acceptors (Lipinski definition) is 3. The zero-order chi connectivity index (χ0) is 29.3. The number of rotatable bonds is 5. The van der Waals surface area contributed by atoms with Crippen LogP contribution in [-0.4, -0.2) is 11.7 Å². The average molecular weight is 568 g/mol. The molecule has 1 N–H and O–H groups in total. The lowest BCUT2D eigenvalue weighted by atomic mass is 9.93. The van der Waals surface area contributed by atoms with Gasteiger partial charge in [0, 0.05) is 11.1 Å². The summed E-state index contributed by atoms with van der Waals surface area (Å²) in [5.41, 5.74) is 8.38. The molecule has 3 heteroatoms. The molecule has 0 spiro atoms. The summed E-state index contributed by atoms with van der Waals surface area (Å²) in [6, 6.07) is 47.6. The summed E-state index contributed by atoms with van der Waals surface area (Å²) in [5, 5.41) is 8.52. The maximum atomic E-state index is 5.23. The number of allylic oxidation sites excluding steroid dienone is 2. The van der Waals surface area contributed by atoms with Gasteiger partial charge in [-0.3, -0.25) is 0 Å². The first kappa shape index (κ1) is 26.4. The van der Waals surface area contributed by atoms with Gasteiger partial charge in [0.1, 0.15) is 12.0 Å². The van der Waals surface area contributed by atoms with Gasteiger partial charge in [0.15, 0.2) is 5.84 Å². The summed E-state index contributed by atoms with van der Waals surface area (Å²) >= 11 is 0. The number of benzene rings is 6. The summed E-state index contributed by atoms with van der Waals surface area (Å²) in [4.78, 5) is 10.4. The third kappa shape index (κ3) is 5.01. The minimum atomic E-state index is -0.265. The standard InChI is InChI=1S/C41H33N3/c1-3-10-28(11-4-1)30-18-22-33(23-19-30)39-42-40(34-24-20-31(21-25-34)29-12-5-2-6-13-29)44-41(43-39)38-17-9-16-36-35-15-8-7-14-32(35)26-27-37(36)38/h1,3-4,7-12,14-27,39H,2,5-6,13H2,(H,42,43,44). The van der Waals surface area contributed by atoms with Crippen molar-refractivity contribution in [1.29, 1.82) is 0 Å². The minimum absolute atomic E-state index is 0.265. The highest BCUT2D eigenvalue weighted by atomic mass is 15.2. The third-order valence-electron chi connectivity index (χ3n) is 8.92. The highest BCUT2D eigenvalue weighted by Crippen LogP contribution is 2.32. The van der Waals surface area contributed by atoms with Crippen molar-refractivity contribution in [2.75, 3.05) is 0 Å². The molecular formula is C41H33N3. The van der Waals surface area contributed by atoms with Crippen LogP contribution in [0.1, 0.15) is 54.1 Å². The molecule has 212 valence electrons. The molecule has 2 aliphatic rings. The molecule has 0 aromatic heterocycles. The molecule has 0 saturated carbocycles. The number of fused-ring (bicyclic) bond motifs is 3. The monoisotopic (exact) mass is 567 g/mol. The fourth-order valence-electron chi connectivity index (χ4n) is 6.55. The van der Waals surface area contributed by atoms with Gasteiger partial charge in [-0.2, -0.15) is 0 Å². The second-order valence-electron chi connectivity index (χ2n) is 11.7. The van der Waals surface area contributed by atoms with Crippen LogP contribution in [0.15, 0.2) is 150 Å². The van der Waals surface area contributed by atoms with Crippen molar-refractivity contribution in [3.63, 3.8) is 0 Å². The smallest absolute Gasteiger partial charge is 0.160 e. The van der Waals surface area contributed by atoms with E-state index in [9.17, 15) is 0 Å². The van der Waals surface area contributed by atoms with E-state index in [1.54, 1.807) is 0 Å². The van der Waals surface area contributed by atoms with Gasteiger partial charge in [-0.15, -0.1) is 0 Å². The second-order valence-corrected chi connectivity index (χ2v) is 11.7. The molecule has 6 aromatic rings. The van der Waals surface area contributed by atoms with Crippen LogP contribution < -0.4 is 5.32 Å². The highest BCUT2D eigenvalue weighted by molar-refractivity contribution is 6.20. The predicted octanol–water partition coefficient (Wildman–Crippen LogP) is 10.1. The van der Waals surface area contributed by atoms with Crippen molar-refractivity contribution in [3.8, 4) is 11.1 Å². The summed E-state index contributed by atoms with van der Waals surface area (Å²) in [6.45, 7) is 0. The van der Waals surface area contributed by atoms with Crippen LogP contribution in [-0.2, 0) is 0 Å². The van der Waals surface area contributed by atoms with Crippen LogP contribution in [0.25, 0.3) is 38.2 Å². The van der Waals surface area contributed by atoms with Crippen molar-refractivity contribution in [1.82, 2.24) is 5.32 Å². The molecule has 44 heavy (non-hydrogen) atoms. The molecular weight excluding hydrogens is 534 g/mol. The Labute approximate surface area is 258 Å². The Morgan fingerprint density at radius 1 is 0.545 bits per heavy atom. The first-order valence-electron chi connectivity index (χ1n) is 15.6. The van der Waals surface area contributed by atoms with Gasteiger partial charge in [-0.05, 0) is 75.1 Å². The van der Waals surface area contributed by atoms with Crippen molar-refractivity contribution < 1.29 is 0 Å². The number of nitrogens with zero attached hydrogens (tertiary/aromatic N) is 2. The van der Waals surface area contributed by atoms with Crippen LogP contribution in [0.4, 0.5) is 0 Å². The summed E-state index contributed by atoms with van der Waals surface area (Å²) in [5.74, 6) is 1.59. The molecule has 3 nitrogen and oxygen atoms in total. The van der Waals surface area contributed by atoms with Crippen LogP contribution >= 0.6 is 0 Å². The van der Waals surface area contributed by atoms with Crippen molar-refractivity contribution in [2.24, 2.45) is 9.98 Å². The SMILES string of the molecule is C1=C(c2ccc(C3=NC(c4cccc5c4ccc4ccccc45)=NC(c4ccc(-c5ccccc5)cc4)N3)cc2)CCCC1. The Balaban J connectivity index is 1.22. The van der Waals surface area contributed by atoms with Crippen molar-refractivity contribution in [2.45, 2.75) is 31.8 Å². The van der Waals surface area contributed by atoms with E-state index < -0.39 is 0 Å². The molecule has 0 saturated heterocycles. The quantitative estimate of drug-likeness (QED) is 0.207. The van der Waals surface area contributed by atoms with Crippen LogP contribution in [0.5, 0.6) is 0 Å². The van der Waals surface area contributed by atoms with Crippen LogP contribution in [0.2, 0.25) is 0 Å². The van der Waals surface area contributed by atoms with E-state index in [0.29, 0.717) is 0 Å². The first-order chi connectivity index (χ1) is 21.8. The van der Waals surface area contributed by atoms with E-state index in [1.807, 2.05) is 0 Å². The molecule has 1 aliphatic heterocycles. The van der Waals surface area contributed by atoms with E-state index in [0.717, 1.165) is 40.2 Å². The lowest BCUT2D eigenvalue weighted by molar-refractivity contribution is 0.674. The number of nitrogens with one attached hydrogen (secondary N) is 1. The van der Waals surface area contributed by atoms with Gasteiger partial charge in [0.05, 0.1) is 0 Å². The van der Waals surface area contributed by atoms with E-state index in [-0.39, 0.29) is 6.17 Å². The summed E-state index contributed by atoms with van der Waals surface area (Å²) in [6.07, 6.45) is 7.04. The predicted molar refractivity (Wildman–Crippen MR) is 185 cm³/mol. The van der Waals surface area contributed by atoms with Gasteiger partial charge in [0.25, 0.3) is 0 Å². The highest BCUT2D eigenvalue weighted by Gasteiger charge is 2.22. The Kier molecular flexibility index (Phi) is 6.84. The van der Waals surface area contributed by atoms with E-state index >= 15 is 0 Å². The molecule has 1 unspecified atom stereocenters. The van der Waals surface area contributed by atoms with E-state index in [1.165, 1.54) is 57.7 Å². The molecule has 0 fully saturated rings. The lowest BCUT2D eigenvalue weighted by Crippen LogP contribution is -2.33. The lowest BCUT2D eigenvalue weighted by Gasteiger charge is -2.24. The minimum Gasteiger partial charge on any atom is -0.344 e. The van der Waals surface area contributed by atoms with Crippen molar-refractivity contribution >= 4 is 38.8 Å².